The van der Waals surface area contributed by atoms with Crippen LogP contribution in [0.25, 0.3) is 11.3 Å². The van der Waals surface area contributed by atoms with Crippen LogP contribution in [0.2, 0.25) is 0 Å². The fourth-order valence-corrected chi connectivity index (χ4v) is 1.97. The molecule has 0 saturated heterocycles. The molecule has 0 atom stereocenters. The lowest BCUT2D eigenvalue weighted by atomic mass is 10.1. The van der Waals surface area contributed by atoms with Gasteiger partial charge >= 0.3 is 0 Å². The molecular weight excluding hydrogens is 280 g/mol. The van der Waals surface area contributed by atoms with Gasteiger partial charge in [0.1, 0.15) is 11.6 Å². The van der Waals surface area contributed by atoms with Crippen molar-refractivity contribution in [2.45, 2.75) is 13.8 Å². The van der Waals surface area contributed by atoms with E-state index in [4.69, 9.17) is 15.7 Å². The number of carbonyl (C=O) groups excluding carboxylic acids is 1. The molecule has 0 aliphatic carbocycles. The van der Waals surface area contributed by atoms with Crippen molar-refractivity contribution in [3.8, 4) is 23.2 Å². The zero-order valence-corrected chi connectivity index (χ0v) is 12.4. The summed E-state index contributed by atoms with van der Waals surface area (Å²) in [5, 5.41) is 11.8. The molecule has 112 valence electrons. The van der Waals surface area contributed by atoms with Crippen molar-refractivity contribution < 1.29 is 9.53 Å². The van der Waals surface area contributed by atoms with E-state index in [-0.39, 0.29) is 17.4 Å². The summed E-state index contributed by atoms with van der Waals surface area (Å²) in [5.74, 6) is 0.0954. The molecule has 2 rings (SSSR count). The summed E-state index contributed by atoms with van der Waals surface area (Å²) in [5.41, 5.74) is 8.57. The summed E-state index contributed by atoms with van der Waals surface area (Å²) in [6.45, 7) is 3.66. The monoisotopic (exact) mass is 296 g/mol. The molecule has 6 heteroatoms. The topological polar surface area (TPSA) is 101 Å². The predicted molar refractivity (Wildman–Crippen MR) is 84.3 cm³/mol. The number of nitrogens with one attached hydrogen (secondary N) is 1. The molecule has 3 N–H and O–H groups in total. The molecule has 6 nitrogen and oxygen atoms in total. The molecular formula is C16H16N4O2. The number of nitrogen functional groups attached to an aromatic ring is 1. The summed E-state index contributed by atoms with van der Waals surface area (Å²) in [6, 6.07) is 10.8. The van der Waals surface area contributed by atoms with Gasteiger partial charge in [-0.15, -0.1) is 0 Å². The first-order chi connectivity index (χ1) is 10.5. The van der Waals surface area contributed by atoms with Crippen molar-refractivity contribution in [3.63, 3.8) is 0 Å². The van der Waals surface area contributed by atoms with Crippen molar-refractivity contribution in [2.24, 2.45) is 0 Å². The van der Waals surface area contributed by atoms with Crippen molar-refractivity contribution in [2.75, 3.05) is 17.7 Å². The number of nitrogens with zero attached hydrogens (tertiary/aromatic N) is 2. The molecule has 0 bridgehead atoms. The number of nitrogens with two attached hydrogens (primary N) is 1. The van der Waals surface area contributed by atoms with Crippen LogP contribution in [0, 0.1) is 11.3 Å². The number of nitriles is 1. The van der Waals surface area contributed by atoms with Gasteiger partial charge in [0.2, 0.25) is 11.8 Å². The van der Waals surface area contributed by atoms with Gasteiger partial charge in [-0.1, -0.05) is 12.1 Å². The highest BCUT2D eigenvalue weighted by atomic mass is 16.5. The van der Waals surface area contributed by atoms with E-state index in [1.165, 1.54) is 6.92 Å². The molecule has 1 aromatic carbocycles. The Balaban J connectivity index is 2.40. The first-order valence-corrected chi connectivity index (χ1v) is 6.76. The molecule has 0 radical (unpaired) electrons. The van der Waals surface area contributed by atoms with E-state index in [1.54, 1.807) is 18.2 Å². The summed E-state index contributed by atoms with van der Waals surface area (Å²) in [7, 11) is 0. The SMILES string of the molecule is CCOc1nc(-c2ccc(NC(C)=O)cc2)cc(N)c1C#N. The number of benzene rings is 1. The van der Waals surface area contributed by atoms with Crippen LogP contribution >= 0.6 is 0 Å². The zero-order chi connectivity index (χ0) is 16.1. The Morgan fingerprint density at radius 3 is 2.64 bits per heavy atom. The number of carbonyl (C=O) groups is 1. The lowest BCUT2D eigenvalue weighted by molar-refractivity contribution is -0.114. The second-order valence-corrected chi connectivity index (χ2v) is 4.58. The van der Waals surface area contributed by atoms with Crippen molar-refractivity contribution in [1.82, 2.24) is 4.98 Å². The average molecular weight is 296 g/mol. The molecule has 0 spiro atoms. The smallest absolute Gasteiger partial charge is 0.234 e. The lowest BCUT2D eigenvalue weighted by Crippen LogP contribution is -2.05. The highest BCUT2D eigenvalue weighted by Crippen LogP contribution is 2.28. The molecule has 0 aliphatic rings. The fraction of sp³-hybridized carbons (Fsp3) is 0.188. The fourth-order valence-electron chi connectivity index (χ4n) is 1.97. The zero-order valence-electron chi connectivity index (χ0n) is 12.4. The van der Waals surface area contributed by atoms with E-state index in [0.717, 1.165) is 5.56 Å². The third-order valence-corrected chi connectivity index (χ3v) is 2.91. The van der Waals surface area contributed by atoms with Gasteiger partial charge in [0.25, 0.3) is 0 Å². The standard InChI is InChI=1S/C16H16N4O2/c1-3-22-16-13(9-17)14(18)8-15(20-16)11-4-6-12(7-5-11)19-10(2)21/h4-8H,3H2,1-2H3,(H2,18,20)(H,19,21). The van der Waals surface area contributed by atoms with Gasteiger partial charge in [0.05, 0.1) is 18.0 Å². The molecule has 0 aliphatic heterocycles. The minimum Gasteiger partial charge on any atom is -0.477 e. The molecule has 1 amide bonds. The van der Waals surface area contributed by atoms with E-state index in [1.807, 2.05) is 25.1 Å². The van der Waals surface area contributed by atoms with Crippen LogP contribution in [0.4, 0.5) is 11.4 Å². The Hall–Kier alpha value is -3.07. The highest BCUT2D eigenvalue weighted by molar-refractivity contribution is 5.89. The van der Waals surface area contributed by atoms with E-state index in [2.05, 4.69) is 10.3 Å². The number of amides is 1. The number of hydrogen-bond donors (Lipinski definition) is 2. The summed E-state index contributed by atoms with van der Waals surface area (Å²) >= 11 is 0. The van der Waals surface area contributed by atoms with Gasteiger partial charge in [-0.25, -0.2) is 4.98 Å². The largest absolute Gasteiger partial charge is 0.477 e. The van der Waals surface area contributed by atoms with Gasteiger partial charge in [-0.05, 0) is 25.1 Å². The summed E-state index contributed by atoms with van der Waals surface area (Å²) < 4.78 is 5.38. The van der Waals surface area contributed by atoms with Crippen LogP contribution in [0.5, 0.6) is 5.88 Å². The highest BCUT2D eigenvalue weighted by Gasteiger charge is 2.12. The van der Waals surface area contributed by atoms with E-state index < -0.39 is 0 Å². The van der Waals surface area contributed by atoms with Crippen LogP contribution in [0.1, 0.15) is 19.4 Å². The molecule has 1 heterocycles. The average Bonchev–Trinajstić information content (AvgIpc) is 2.47. The quantitative estimate of drug-likeness (QED) is 0.903. The minimum atomic E-state index is -0.132. The van der Waals surface area contributed by atoms with Gasteiger partial charge < -0.3 is 15.8 Å². The molecule has 0 saturated carbocycles. The number of hydrogen-bond acceptors (Lipinski definition) is 5. The number of pyridine rings is 1. The van der Waals surface area contributed by atoms with Crippen LogP contribution in [0.15, 0.2) is 30.3 Å². The van der Waals surface area contributed by atoms with Crippen molar-refractivity contribution in [1.29, 1.82) is 5.26 Å². The number of aromatic nitrogens is 1. The van der Waals surface area contributed by atoms with Gasteiger partial charge in [0, 0.05) is 18.2 Å². The maximum absolute atomic E-state index is 11.0. The normalized spacial score (nSPS) is 9.86. The first kappa shape index (κ1) is 15.3. The van der Waals surface area contributed by atoms with Crippen LogP contribution in [-0.2, 0) is 4.79 Å². The van der Waals surface area contributed by atoms with Crippen LogP contribution in [-0.4, -0.2) is 17.5 Å². The predicted octanol–water partition coefficient (Wildman–Crippen LogP) is 2.56. The Morgan fingerprint density at radius 2 is 2.09 bits per heavy atom. The van der Waals surface area contributed by atoms with Gasteiger partial charge in [0.15, 0.2) is 0 Å². The Morgan fingerprint density at radius 1 is 1.41 bits per heavy atom. The van der Waals surface area contributed by atoms with Crippen LogP contribution < -0.4 is 15.8 Å². The van der Waals surface area contributed by atoms with E-state index in [0.29, 0.717) is 23.7 Å². The Kier molecular flexibility index (Phi) is 4.59. The second kappa shape index (κ2) is 6.59. The molecule has 0 fully saturated rings. The molecule has 22 heavy (non-hydrogen) atoms. The molecule has 2 aromatic rings. The maximum Gasteiger partial charge on any atom is 0.234 e. The molecule has 0 unspecified atom stereocenters. The third-order valence-electron chi connectivity index (χ3n) is 2.91. The number of rotatable bonds is 4. The van der Waals surface area contributed by atoms with Crippen molar-refractivity contribution in [3.05, 3.63) is 35.9 Å². The number of anilines is 2. The first-order valence-electron chi connectivity index (χ1n) is 6.76. The van der Waals surface area contributed by atoms with Gasteiger partial charge in [-0.2, -0.15) is 5.26 Å². The lowest BCUT2D eigenvalue weighted by Gasteiger charge is -2.10. The number of ether oxygens (including phenoxy) is 1. The summed E-state index contributed by atoms with van der Waals surface area (Å²) in [6.07, 6.45) is 0. The Bertz CT molecular complexity index is 733. The van der Waals surface area contributed by atoms with Gasteiger partial charge in [-0.3, -0.25) is 4.79 Å². The Labute approximate surface area is 128 Å². The maximum atomic E-state index is 11.0. The van der Waals surface area contributed by atoms with Crippen LogP contribution in [0.3, 0.4) is 0 Å². The summed E-state index contributed by atoms with van der Waals surface area (Å²) in [4.78, 5) is 15.4. The van der Waals surface area contributed by atoms with E-state index in [9.17, 15) is 4.79 Å². The minimum absolute atomic E-state index is 0.132. The van der Waals surface area contributed by atoms with E-state index >= 15 is 0 Å². The molecule has 1 aromatic heterocycles. The second-order valence-electron chi connectivity index (χ2n) is 4.58. The third kappa shape index (κ3) is 3.33. The van der Waals surface area contributed by atoms with Crippen molar-refractivity contribution >= 4 is 17.3 Å².